The number of H-pyrrole nitrogens is 2. The Morgan fingerprint density at radius 2 is 1.79 bits per heavy atom. The highest BCUT2D eigenvalue weighted by molar-refractivity contribution is 7.99. The molecule has 118 valence electrons. The highest BCUT2D eigenvalue weighted by Crippen LogP contribution is 2.38. The number of nitrogens with zero attached hydrogens (tertiary/aromatic N) is 1. The van der Waals surface area contributed by atoms with Crippen molar-refractivity contribution in [1.82, 2.24) is 15.2 Å². The van der Waals surface area contributed by atoms with E-state index in [0.717, 1.165) is 20.7 Å². The number of hydrogen-bond acceptors (Lipinski definition) is 4. The quantitative estimate of drug-likeness (QED) is 0.532. The molecular formula is C18H13N3O2S. The van der Waals surface area contributed by atoms with E-state index in [9.17, 15) is 9.90 Å². The molecule has 5 nitrogen and oxygen atoms in total. The molecule has 0 atom stereocenters. The molecule has 4 aromatic rings. The van der Waals surface area contributed by atoms with Gasteiger partial charge in [0.1, 0.15) is 5.75 Å². The highest BCUT2D eigenvalue weighted by Gasteiger charge is 2.12. The molecule has 0 aliphatic heterocycles. The second-order valence-electron chi connectivity index (χ2n) is 5.25. The second-order valence-corrected chi connectivity index (χ2v) is 6.33. The Morgan fingerprint density at radius 3 is 2.58 bits per heavy atom. The number of aromatic nitrogens is 3. The van der Waals surface area contributed by atoms with E-state index in [1.807, 2.05) is 42.5 Å². The molecule has 0 aliphatic carbocycles. The maximum atomic E-state index is 11.9. The van der Waals surface area contributed by atoms with Crippen LogP contribution in [0.3, 0.4) is 0 Å². The van der Waals surface area contributed by atoms with Crippen LogP contribution < -0.4 is 5.56 Å². The fourth-order valence-electron chi connectivity index (χ4n) is 2.52. The van der Waals surface area contributed by atoms with Gasteiger partial charge in [0.2, 0.25) is 0 Å². The van der Waals surface area contributed by atoms with Crippen LogP contribution in [0.4, 0.5) is 0 Å². The summed E-state index contributed by atoms with van der Waals surface area (Å²) in [6.45, 7) is 0. The lowest BCUT2D eigenvalue weighted by Gasteiger charge is -2.09. The summed E-state index contributed by atoms with van der Waals surface area (Å²) in [5, 5.41) is 16.2. The first-order chi connectivity index (χ1) is 11.7. The van der Waals surface area contributed by atoms with Gasteiger partial charge >= 0.3 is 0 Å². The minimum Gasteiger partial charge on any atom is -0.507 e. The van der Waals surface area contributed by atoms with Crippen LogP contribution in [0.2, 0.25) is 0 Å². The lowest BCUT2D eigenvalue weighted by Crippen LogP contribution is -2.02. The summed E-state index contributed by atoms with van der Waals surface area (Å²) in [4.78, 5) is 18.2. The zero-order valence-corrected chi connectivity index (χ0v) is 13.3. The van der Waals surface area contributed by atoms with Crippen LogP contribution in [0.1, 0.15) is 0 Å². The fraction of sp³-hybridized carbons (Fsp3) is 0. The first-order valence-electron chi connectivity index (χ1n) is 7.34. The van der Waals surface area contributed by atoms with Crippen molar-refractivity contribution in [3.05, 3.63) is 71.1 Å². The van der Waals surface area contributed by atoms with Gasteiger partial charge in [-0.2, -0.15) is 0 Å². The molecule has 2 aromatic heterocycles. The molecule has 0 amide bonds. The Labute approximate surface area is 141 Å². The van der Waals surface area contributed by atoms with E-state index < -0.39 is 0 Å². The van der Waals surface area contributed by atoms with Gasteiger partial charge in [0.05, 0.1) is 21.7 Å². The molecule has 4 rings (SSSR count). The van der Waals surface area contributed by atoms with Crippen molar-refractivity contribution in [2.75, 3.05) is 0 Å². The smallest absolute Gasteiger partial charge is 0.273 e. The molecule has 0 unspecified atom stereocenters. The van der Waals surface area contributed by atoms with Crippen LogP contribution in [0.15, 0.2) is 75.4 Å². The Morgan fingerprint density at radius 1 is 1.00 bits per heavy atom. The maximum Gasteiger partial charge on any atom is 0.273 e. The Hall–Kier alpha value is -2.99. The topological polar surface area (TPSA) is 81.8 Å². The lowest BCUT2D eigenvalue weighted by atomic mass is 10.1. The summed E-state index contributed by atoms with van der Waals surface area (Å²) in [5.41, 5.74) is 1.67. The predicted octanol–water partition coefficient (Wildman–Crippen LogP) is 3.78. The van der Waals surface area contributed by atoms with Crippen LogP contribution in [0.25, 0.3) is 22.2 Å². The molecule has 0 radical (unpaired) electrons. The van der Waals surface area contributed by atoms with Crippen molar-refractivity contribution < 1.29 is 5.11 Å². The predicted molar refractivity (Wildman–Crippen MR) is 94.4 cm³/mol. The van der Waals surface area contributed by atoms with E-state index in [1.165, 1.54) is 11.8 Å². The van der Waals surface area contributed by atoms with Crippen LogP contribution in [-0.2, 0) is 0 Å². The minimum absolute atomic E-state index is 0.212. The van der Waals surface area contributed by atoms with Gasteiger partial charge in [-0.15, -0.1) is 0 Å². The summed E-state index contributed by atoms with van der Waals surface area (Å²) in [5.74, 6) is 0.226. The van der Waals surface area contributed by atoms with Crippen LogP contribution in [-0.4, -0.2) is 20.3 Å². The van der Waals surface area contributed by atoms with E-state index in [4.69, 9.17) is 0 Å². The number of para-hydroxylation sites is 2. The number of phenolic OH excluding ortho intramolecular Hbond substituents is 1. The number of rotatable bonds is 3. The van der Waals surface area contributed by atoms with Crippen molar-refractivity contribution in [2.24, 2.45) is 0 Å². The second kappa shape index (κ2) is 5.90. The molecule has 24 heavy (non-hydrogen) atoms. The normalized spacial score (nSPS) is 11.0. The fourth-order valence-corrected chi connectivity index (χ4v) is 3.53. The zero-order valence-electron chi connectivity index (χ0n) is 12.5. The van der Waals surface area contributed by atoms with Gasteiger partial charge in [0.25, 0.3) is 5.56 Å². The molecule has 2 aromatic carbocycles. The number of aromatic amines is 2. The maximum absolute atomic E-state index is 11.9. The van der Waals surface area contributed by atoms with Crippen LogP contribution >= 0.6 is 11.8 Å². The summed E-state index contributed by atoms with van der Waals surface area (Å²) in [6.07, 6.45) is 1.61. The van der Waals surface area contributed by atoms with Gasteiger partial charge in [-0.25, -0.2) is 4.98 Å². The van der Waals surface area contributed by atoms with Gasteiger partial charge in [-0.3, -0.25) is 9.89 Å². The molecule has 0 aliphatic rings. The molecular weight excluding hydrogens is 322 g/mol. The summed E-state index contributed by atoms with van der Waals surface area (Å²) in [7, 11) is 0. The Balaban J connectivity index is 1.92. The van der Waals surface area contributed by atoms with Gasteiger partial charge < -0.3 is 10.2 Å². The van der Waals surface area contributed by atoms with E-state index in [0.29, 0.717) is 11.3 Å². The summed E-state index contributed by atoms with van der Waals surface area (Å²) in [6, 6.07) is 16.8. The standard InChI is InChI=1S/C18H13N3O2S/c22-15-7-3-4-8-16(15)24-17-9-14(12-10-19-21-18(12)23)20-13-6-2-1-5-11(13)17/h1-10,22H,(H2,19,21,23). The molecule has 0 bridgehead atoms. The van der Waals surface area contributed by atoms with Crippen LogP contribution in [0.5, 0.6) is 5.75 Å². The van der Waals surface area contributed by atoms with E-state index in [2.05, 4.69) is 15.2 Å². The van der Waals surface area contributed by atoms with Crippen molar-refractivity contribution in [3.63, 3.8) is 0 Å². The number of fused-ring (bicyclic) bond motifs is 1. The number of aromatic hydroxyl groups is 1. The molecule has 3 N–H and O–H groups in total. The number of benzene rings is 2. The van der Waals surface area contributed by atoms with E-state index in [1.54, 1.807) is 18.3 Å². The van der Waals surface area contributed by atoms with Crippen molar-refractivity contribution in [2.45, 2.75) is 9.79 Å². The highest BCUT2D eigenvalue weighted by atomic mass is 32.2. The lowest BCUT2D eigenvalue weighted by molar-refractivity contribution is 0.462. The van der Waals surface area contributed by atoms with Crippen molar-refractivity contribution in [3.8, 4) is 17.0 Å². The Bertz CT molecular complexity index is 1080. The molecule has 2 heterocycles. The molecule has 0 saturated heterocycles. The third kappa shape index (κ3) is 2.57. The number of phenols is 1. The third-order valence-electron chi connectivity index (χ3n) is 3.69. The monoisotopic (exact) mass is 335 g/mol. The van der Waals surface area contributed by atoms with Gasteiger partial charge in [-0.05, 0) is 24.3 Å². The Kier molecular flexibility index (Phi) is 3.59. The average Bonchev–Trinajstić information content (AvgIpc) is 3.03. The molecule has 6 heteroatoms. The minimum atomic E-state index is -0.212. The SMILES string of the molecule is O=c1[nH][nH]cc1-c1cc(Sc2ccccc2O)c2ccccc2n1. The molecule has 0 fully saturated rings. The first-order valence-corrected chi connectivity index (χ1v) is 8.16. The van der Waals surface area contributed by atoms with Crippen LogP contribution in [0, 0.1) is 0 Å². The van der Waals surface area contributed by atoms with Gasteiger partial charge in [-0.1, -0.05) is 42.1 Å². The average molecular weight is 335 g/mol. The molecule has 0 saturated carbocycles. The van der Waals surface area contributed by atoms with Crippen molar-refractivity contribution in [1.29, 1.82) is 0 Å². The number of hydrogen-bond donors (Lipinski definition) is 3. The largest absolute Gasteiger partial charge is 0.507 e. The third-order valence-corrected chi connectivity index (χ3v) is 4.81. The molecule has 0 spiro atoms. The van der Waals surface area contributed by atoms with E-state index in [-0.39, 0.29) is 11.3 Å². The first kappa shape index (κ1) is 14.6. The van der Waals surface area contributed by atoms with Gasteiger partial charge in [0, 0.05) is 16.5 Å². The van der Waals surface area contributed by atoms with Crippen molar-refractivity contribution >= 4 is 22.7 Å². The zero-order chi connectivity index (χ0) is 16.5. The van der Waals surface area contributed by atoms with E-state index >= 15 is 0 Å². The van der Waals surface area contributed by atoms with Gasteiger partial charge in [0.15, 0.2) is 0 Å². The number of pyridine rings is 1. The summed E-state index contributed by atoms with van der Waals surface area (Å²) >= 11 is 1.45. The summed E-state index contributed by atoms with van der Waals surface area (Å²) < 4.78 is 0. The number of nitrogens with one attached hydrogen (secondary N) is 2.